The Morgan fingerprint density at radius 1 is 0.648 bits per heavy atom. The summed E-state index contributed by atoms with van der Waals surface area (Å²) in [7, 11) is 0. The third-order valence-electron chi connectivity index (χ3n) is 12.6. The number of ether oxygens (including phenoxy) is 2. The summed E-state index contributed by atoms with van der Waals surface area (Å²) in [5.74, 6) is 0.531. The number of esters is 2. The van der Waals surface area contributed by atoms with Gasteiger partial charge in [-0.3, -0.25) is 9.59 Å². The van der Waals surface area contributed by atoms with E-state index < -0.39 is 11.2 Å². The summed E-state index contributed by atoms with van der Waals surface area (Å²) < 4.78 is 13.1. The first kappa shape index (κ1) is 38.0. The molecule has 0 amide bonds. The summed E-state index contributed by atoms with van der Waals surface area (Å²) in [6, 6.07) is 39.7. The lowest BCUT2D eigenvalue weighted by atomic mass is 9.78. The van der Waals surface area contributed by atoms with Gasteiger partial charge in [-0.1, -0.05) is 135 Å². The third-order valence-corrected chi connectivity index (χ3v) is 12.6. The fourth-order valence-corrected chi connectivity index (χ4v) is 9.68. The molecule has 2 aliphatic heterocycles. The molecule has 7 rings (SSSR count). The zero-order chi connectivity index (χ0) is 37.2. The number of carbonyl (C=O) groups excluding carboxylic acids is 2. The van der Waals surface area contributed by atoms with Crippen molar-refractivity contribution in [2.45, 2.75) is 101 Å². The van der Waals surface area contributed by atoms with Gasteiger partial charge in [0.15, 0.2) is 0 Å². The molecule has 284 valence electrons. The first-order chi connectivity index (χ1) is 26.5. The van der Waals surface area contributed by atoms with Crippen LogP contribution in [0, 0.1) is 11.8 Å². The van der Waals surface area contributed by atoms with Crippen LogP contribution in [0.25, 0.3) is 0 Å². The van der Waals surface area contributed by atoms with Gasteiger partial charge in [-0.05, 0) is 97.4 Å². The van der Waals surface area contributed by atoms with E-state index in [4.69, 9.17) is 9.47 Å². The van der Waals surface area contributed by atoms with E-state index >= 15 is 0 Å². The highest BCUT2D eigenvalue weighted by Crippen LogP contribution is 2.49. The predicted octanol–water partition coefficient (Wildman–Crippen LogP) is 9.35. The lowest BCUT2D eigenvalue weighted by molar-refractivity contribution is -0.168. The highest BCUT2D eigenvalue weighted by Gasteiger charge is 2.44. The van der Waals surface area contributed by atoms with E-state index in [0.29, 0.717) is 11.8 Å². The van der Waals surface area contributed by atoms with Gasteiger partial charge in [0.05, 0.1) is 12.3 Å². The Morgan fingerprint density at radius 2 is 1.17 bits per heavy atom. The predicted molar refractivity (Wildman–Crippen MR) is 215 cm³/mol. The number of benzene rings is 4. The topological polar surface area (TPSA) is 76.7 Å². The van der Waals surface area contributed by atoms with Crippen molar-refractivity contribution in [3.8, 4) is 0 Å². The minimum absolute atomic E-state index is 0.0857. The average Bonchev–Trinajstić information content (AvgIpc) is 3.69. The van der Waals surface area contributed by atoms with Crippen LogP contribution >= 0.6 is 0 Å². The van der Waals surface area contributed by atoms with Crippen LogP contribution < -0.4 is 10.6 Å². The smallest absolute Gasteiger partial charge is 0.314 e. The summed E-state index contributed by atoms with van der Waals surface area (Å²) in [6.07, 6.45) is 9.87. The van der Waals surface area contributed by atoms with Crippen molar-refractivity contribution < 1.29 is 19.1 Å². The molecule has 4 unspecified atom stereocenters. The summed E-state index contributed by atoms with van der Waals surface area (Å²) in [6.45, 7) is 5.58. The van der Waals surface area contributed by atoms with E-state index in [2.05, 4.69) is 90.4 Å². The van der Waals surface area contributed by atoms with Crippen LogP contribution in [0.15, 0.2) is 115 Å². The Kier molecular flexibility index (Phi) is 12.6. The molecule has 4 atom stereocenters. The lowest BCUT2D eigenvalue weighted by Gasteiger charge is -2.39. The van der Waals surface area contributed by atoms with Crippen LogP contribution in [-0.2, 0) is 36.7 Å². The molecule has 3 aliphatic rings. The zero-order valence-corrected chi connectivity index (χ0v) is 32.0. The molecule has 4 aromatic rings. The lowest BCUT2D eigenvalue weighted by Crippen LogP contribution is -2.44. The van der Waals surface area contributed by atoms with E-state index in [0.717, 1.165) is 113 Å². The molecule has 0 bridgehead atoms. The Morgan fingerprint density at radius 3 is 1.72 bits per heavy atom. The van der Waals surface area contributed by atoms with Crippen LogP contribution in [0.4, 0.5) is 0 Å². The largest absolute Gasteiger partial charge is 0.454 e. The van der Waals surface area contributed by atoms with Crippen molar-refractivity contribution in [2.24, 2.45) is 11.8 Å². The van der Waals surface area contributed by atoms with Gasteiger partial charge >= 0.3 is 11.9 Å². The van der Waals surface area contributed by atoms with Crippen molar-refractivity contribution in [3.05, 3.63) is 143 Å². The van der Waals surface area contributed by atoms with Gasteiger partial charge in [-0.2, -0.15) is 0 Å². The van der Waals surface area contributed by atoms with Gasteiger partial charge in [0, 0.05) is 25.7 Å². The first-order valence-electron chi connectivity index (χ1n) is 20.6. The molecule has 6 nitrogen and oxygen atoms in total. The number of unbranched alkanes of at least 4 members (excludes halogenated alkanes) is 1. The van der Waals surface area contributed by atoms with Gasteiger partial charge in [0.25, 0.3) is 0 Å². The molecule has 1 saturated carbocycles. The van der Waals surface area contributed by atoms with Crippen LogP contribution in [0.1, 0.15) is 111 Å². The van der Waals surface area contributed by atoms with E-state index in [9.17, 15) is 9.59 Å². The van der Waals surface area contributed by atoms with E-state index in [1.807, 2.05) is 42.5 Å². The van der Waals surface area contributed by atoms with E-state index in [1.165, 1.54) is 5.56 Å². The van der Waals surface area contributed by atoms with Crippen molar-refractivity contribution in [3.63, 3.8) is 0 Å². The average molecular weight is 727 g/mol. The number of hydrogen-bond acceptors (Lipinski definition) is 6. The Balaban J connectivity index is 1.06. The maximum absolute atomic E-state index is 14.6. The molecule has 54 heavy (non-hydrogen) atoms. The molecular weight excluding hydrogens is 669 g/mol. The highest BCUT2D eigenvalue weighted by molar-refractivity contribution is 5.79. The van der Waals surface area contributed by atoms with Gasteiger partial charge in [0.1, 0.15) is 11.2 Å². The third kappa shape index (κ3) is 8.82. The number of hydrogen-bond donors (Lipinski definition) is 2. The second-order valence-corrected chi connectivity index (χ2v) is 16.0. The molecule has 4 aromatic carbocycles. The quantitative estimate of drug-likeness (QED) is 0.126. The molecule has 0 spiro atoms. The summed E-state index contributed by atoms with van der Waals surface area (Å²) in [5, 5.41) is 6.89. The van der Waals surface area contributed by atoms with Gasteiger partial charge in [-0.15, -0.1) is 0 Å². The second-order valence-electron chi connectivity index (χ2n) is 16.0. The maximum Gasteiger partial charge on any atom is 0.314 e. The first-order valence-corrected chi connectivity index (χ1v) is 20.6. The fourth-order valence-electron chi connectivity index (χ4n) is 9.68. The molecule has 3 fully saturated rings. The molecule has 0 aromatic heterocycles. The van der Waals surface area contributed by atoms with Crippen molar-refractivity contribution >= 4 is 11.9 Å². The summed E-state index contributed by atoms with van der Waals surface area (Å²) >= 11 is 0. The Labute approximate surface area is 322 Å². The van der Waals surface area contributed by atoms with Gasteiger partial charge < -0.3 is 20.1 Å². The summed E-state index contributed by atoms with van der Waals surface area (Å²) in [4.78, 5) is 28.0. The SMILES string of the molecule is CCCCC(c1ccc(CC(=O)OC2(c3ccccc3)CCNCC2)cc1)C1CCC(C(C(=O)OC2(c3ccccc3)CCNCC2)c2ccccc2)C1. The zero-order valence-electron chi connectivity index (χ0n) is 32.0. The van der Waals surface area contributed by atoms with E-state index in [-0.39, 0.29) is 30.2 Å². The van der Waals surface area contributed by atoms with Crippen molar-refractivity contribution in [1.29, 1.82) is 0 Å². The van der Waals surface area contributed by atoms with Crippen LogP contribution in [0.2, 0.25) is 0 Å². The number of piperidine rings is 2. The Hall–Kier alpha value is -4.26. The molecule has 0 radical (unpaired) electrons. The highest BCUT2D eigenvalue weighted by atomic mass is 16.6. The molecule has 6 heteroatoms. The van der Waals surface area contributed by atoms with Crippen LogP contribution in [0.5, 0.6) is 0 Å². The second kappa shape index (κ2) is 17.9. The Bertz CT molecular complexity index is 1770. The number of nitrogens with one attached hydrogen (secondary N) is 2. The normalized spacial score (nSPS) is 21.8. The monoisotopic (exact) mass is 726 g/mol. The molecule has 2 N–H and O–H groups in total. The number of carbonyl (C=O) groups is 2. The van der Waals surface area contributed by atoms with Crippen LogP contribution in [0.3, 0.4) is 0 Å². The van der Waals surface area contributed by atoms with Gasteiger partial charge in [0.2, 0.25) is 0 Å². The van der Waals surface area contributed by atoms with Gasteiger partial charge in [-0.25, -0.2) is 0 Å². The van der Waals surface area contributed by atoms with Crippen molar-refractivity contribution in [2.75, 3.05) is 26.2 Å². The molecular formula is C48H58N2O4. The number of rotatable bonds is 14. The summed E-state index contributed by atoms with van der Waals surface area (Å²) in [5.41, 5.74) is 4.36. The molecule has 2 heterocycles. The minimum atomic E-state index is -0.609. The molecule has 2 saturated heterocycles. The standard InChI is InChI=1S/C48H58N2O4/c1-2-3-19-43(37-22-20-36(21-23-37)34-44(51)53-47(26-30-49-31-27-47)41-15-9-5-10-16-41)39-24-25-40(35-39)45(38-13-7-4-8-14-38)46(52)54-48(28-32-50-33-29-48)42-17-11-6-12-18-42/h4-18,20-23,39-40,43,45,49-50H,2-3,19,24-35H2,1H3. The fraction of sp³-hybridized carbons (Fsp3) is 0.458. The van der Waals surface area contributed by atoms with E-state index in [1.54, 1.807) is 0 Å². The molecule has 1 aliphatic carbocycles. The van der Waals surface area contributed by atoms with Crippen molar-refractivity contribution in [1.82, 2.24) is 10.6 Å². The minimum Gasteiger partial charge on any atom is -0.454 e. The van der Waals surface area contributed by atoms with Crippen LogP contribution in [-0.4, -0.2) is 38.1 Å². The maximum atomic E-state index is 14.6.